The molecule has 1 aromatic heterocycles. The van der Waals surface area contributed by atoms with Gasteiger partial charge in [0.25, 0.3) is 0 Å². The second-order valence-electron chi connectivity index (χ2n) is 7.28. The Morgan fingerprint density at radius 3 is 2.76 bits per heavy atom. The summed E-state index contributed by atoms with van der Waals surface area (Å²) in [5.74, 6) is -1.89. The van der Waals surface area contributed by atoms with Gasteiger partial charge in [0.2, 0.25) is 0 Å². The highest BCUT2D eigenvalue weighted by Crippen LogP contribution is 2.38. The lowest BCUT2D eigenvalue weighted by atomic mass is 9.91. The summed E-state index contributed by atoms with van der Waals surface area (Å²) in [5.41, 5.74) is 1.39. The highest BCUT2D eigenvalue weighted by molar-refractivity contribution is 9.10. The Balaban J connectivity index is 1.55. The number of carboxylic acids is 1. The Bertz CT molecular complexity index is 1320. The van der Waals surface area contributed by atoms with E-state index in [1.807, 2.05) is 55.5 Å². The van der Waals surface area contributed by atoms with Crippen LogP contribution in [0, 0.1) is 0 Å². The van der Waals surface area contributed by atoms with Gasteiger partial charge in [-0.2, -0.15) is 0 Å². The lowest BCUT2D eigenvalue weighted by Crippen LogP contribution is -2.17. The van der Waals surface area contributed by atoms with Crippen molar-refractivity contribution in [2.45, 2.75) is 30.0 Å². The number of rotatable bonds is 9. The maximum Gasteiger partial charge on any atom is 0.326 e. The van der Waals surface area contributed by atoms with E-state index >= 15 is 0 Å². The maximum atomic E-state index is 13.0. The van der Waals surface area contributed by atoms with Crippen LogP contribution in [0.25, 0.3) is 21.0 Å². The lowest BCUT2D eigenvalue weighted by Gasteiger charge is -2.15. The van der Waals surface area contributed by atoms with E-state index in [2.05, 4.69) is 20.9 Å². The molecule has 9 heteroatoms. The molecule has 0 spiro atoms. The molecule has 4 rings (SSSR count). The van der Waals surface area contributed by atoms with Gasteiger partial charge in [-0.25, -0.2) is 4.98 Å². The third kappa shape index (κ3) is 5.48. The van der Waals surface area contributed by atoms with E-state index in [9.17, 15) is 14.7 Å². The number of aromatic nitrogens is 1. The number of fused-ring (bicyclic) bond motifs is 2. The molecule has 0 aliphatic heterocycles. The molecule has 0 bridgehead atoms. The summed E-state index contributed by atoms with van der Waals surface area (Å²) in [7, 11) is 0. The molecule has 0 aliphatic rings. The predicted octanol–water partition coefficient (Wildman–Crippen LogP) is 6.81. The number of thiazole rings is 1. The first-order chi connectivity index (χ1) is 16.0. The Kier molecular flexibility index (Phi) is 7.52. The van der Waals surface area contributed by atoms with E-state index in [0.717, 1.165) is 49.7 Å². The van der Waals surface area contributed by atoms with Crippen molar-refractivity contribution in [3.05, 3.63) is 64.6 Å². The van der Waals surface area contributed by atoms with E-state index in [1.165, 1.54) is 11.3 Å². The summed E-state index contributed by atoms with van der Waals surface area (Å²) in [5, 5.41) is 11.2. The van der Waals surface area contributed by atoms with E-state index in [4.69, 9.17) is 8.92 Å². The fourth-order valence-electron chi connectivity index (χ4n) is 3.45. The normalized spacial score (nSPS) is 12.1. The summed E-state index contributed by atoms with van der Waals surface area (Å²) in [4.78, 5) is 29.0. The molecule has 0 saturated heterocycles. The van der Waals surface area contributed by atoms with Crippen molar-refractivity contribution in [2.75, 3.05) is 6.61 Å². The lowest BCUT2D eigenvalue weighted by molar-refractivity contribution is -0.143. The first kappa shape index (κ1) is 23.5. The van der Waals surface area contributed by atoms with Crippen molar-refractivity contribution in [3.8, 4) is 5.75 Å². The molecule has 1 atom stereocenters. The fourth-order valence-corrected chi connectivity index (χ4v) is 5.52. The summed E-state index contributed by atoms with van der Waals surface area (Å²) in [6, 6.07) is 16.9. The second kappa shape index (κ2) is 10.5. The van der Waals surface area contributed by atoms with Crippen molar-refractivity contribution in [1.82, 2.24) is 4.98 Å². The minimum absolute atomic E-state index is 0.363. The number of aliphatic carboxylic acids is 1. The standard InChI is InChI=1S/C24H20BrNO5S2/c1-2-10-30-20-13-21-19(12-18(20)25)26-24(32-21)33-31-23(29)17(11-22(27)28)16-9-5-7-14-6-3-4-8-15(14)16/h3-9,12-13,17H,2,10-11H2,1H3,(H,27,28). The van der Waals surface area contributed by atoms with Crippen LogP contribution in [0.2, 0.25) is 0 Å². The summed E-state index contributed by atoms with van der Waals surface area (Å²) >= 11 is 5.72. The summed E-state index contributed by atoms with van der Waals surface area (Å²) in [6.45, 7) is 2.65. The summed E-state index contributed by atoms with van der Waals surface area (Å²) < 4.78 is 13.5. The first-order valence-electron chi connectivity index (χ1n) is 10.3. The number of ether oxygens (including phenoxy) is 1. The Labute approximate surface area is 207 Å². The van der Waals surface area contributed by atoms with Crippen molar-refractivity contribution < 1.29 is 23.6 Å². The molecule has 170 valence electrons. The topological polar surface area (TPSA) is 85.7 Å². The summed E-state index contributed by atoms with van der Waals surface area (Å²) in [6.07, 6.45) is 0.538. The number of carbonyl (C=O) groups excluding carboxylic acids is 1. The average molecular weight is 546 g/mol. The highest BCUT2D eigenvalue weighted by atomic mass is 79.9. The van der Waals surface area contributed by atoms with Crippen LogP contribution < -0.4 is 4.74 Å². The van der Waals surface area contributed by atoms with Gasteiger partial charge in [0, 0.05) is 6.07 Å². The van der Waals surface area contributed by atoms with E-state index in [-0.39, 0.29) is 6.42 Å². The molecule has 0 aliphatic carbocycles. The van der Waals surface area contributed by atoms with Gasteiger partial charge in [-0.3, -0.25) is 9.59 Å². The Morgan fingerprint density at radius 2 is 1.97 bits per heavy atom. The molecule has 1 unspecified atom stereocenters. The molecule has 3 aromatic carbocycles. The van der Waals surface area contributed by atoms with Crippen LogP contribution in [0.1, 0.15) is 31.2 Å². The first-order valence-corrected chi connectivity index (χ1v) is 12.6. The van der Waals surface area contributed by atoms with Gasteiger partial charge >= 0.3 is 11.9 Å². The van der Waals surface area contributed by atoms with Gasteiger partial charge in [-0.15, -0.1) is 11.3 Å². The minimum Gasteiger partial charge on any atom is -0.492 e. The molecule has 0 radical (unpaired) electrons. The van der Waals surface area contributed by atoms with Gasteiger partial charge in [0.05, 0.1) is 33.6 Å². The number of nitrogens with zero attached hydrogens (tertiary/aromatic N) is 1. The molecule has 1 N–H and O–H groups in total. The van der Waals surface area contributed by atoms with Crippen LogP contribution in [0.3, 0.4) is 0 Å². The molecule has 0 saturated carbocycles. The number of carbonyl (C=O) groups is 2. The smallest absolute Gasteiger partial charge is 0.326 e. The van der Waals surface area contributed by atoms with Gasteiger partial charge in [0.1, 0.15) is 17.8 Å². The molecule has 6 nitrogen and oxygen atoms in total. The van der Waals surface area contributed by atoms with Crippen molar-refractivity contribution in [3.63, 3.8) is 0 Å². The van der Waals surface area contributed by atoms with Crippen molar-refractivity contribution in [1.29, 1.82) is 0 Å². The van der Waals surface area contributed by atoms with Gasteiger partial charge < -0.3 is 14.0 Å². The van der Waals surface area contributed by atoms with Crippen LogP contribution in [0.4, 0.5) is 0 Å². The number of carboxylic acid groups (broad SMARTS) is 1. The largest absolute Gasteiger partial charge is 0.492 e. The van der Waals surface area contributed by atoms with Gasteiger partial charge in [-0.1, -0.05) is 49.4 Å². The third-order valence-electron chi connectivity index (χ3n) is 4.94. The van der Waals surface area contributed by atoms with Crippen LogP contribution in [0.5, 0.6) is 5.75 Å². The monoisotopic (exact) mass is 545 g/mol. The van der Waals surface area contributed by atoms with Crippen LogP contribution in [0.15, 0.2) is 63.4 Å². The molecular formula is C24H20BrNO5S2. The van der Waals surface area contributed by atoms with Crippen LogP contribution >= 0.6 is 39.3 Å². The number of hydrogen-bond donors (Lipinski definition) is 1. The zero-order valence-electron chi connectivity index (χ0n) is 17.6. The Hall–Kier alpha value is -2.62. The number of hydrogen-bond acceptors (Lipinski definition) is 7. The average Bonchev–Trinajstić information content (AvgIpc) is 3.20. The molecular weight excluding hydrogens is 526 g/mol. The quantitative estimate of drug-likeness (QED) is 0.231. The zero-order valence-corrected chi connectivity index (χ0v) is 20.8. The van der Waals surface area contributed by atoms with Gasteiger partial charge in [-0.05, 0) is 44.8 Å². The molecule has 0 amide bonds. The fraction of sp³-hybridized carbons (Fsp3) is 0.208. The van der Waals surface area contributed by atoms with E-state index < -0.39 is 17.9 Å². The molecule has 33 heavy (non-hydrogen) atoms. The zero-order chi connectivity index (χ0) is 23.4. The third-order valence-corrected chi connectivity index (χ3v) is 7.31. The number of benzene rings is 3. The SMILES string of the molecule is CCCOc1cc2sc(SOC(=O)C(CC(=O)O)c3cccc4ccccc34)nc2cc1Br. The second-order valence-corrected chi connectivity index (χ2v) is 10.1. The van der Waals surface area contributed by atoms with Crippen LogP contribution in [-0.4, -0.2) is 28.6 Å². The molecule has 4 aromatic rings. The number of halogens is 1. The Morgan fingerprint density at radius 1 is 1.18 bits per heavy atom. The van der Waals surface area contributed by atoms with Gasteiger partial charge in [0.15, 0.2) is 4.34 Å². The van der Waals surface area contributed by atoms with Crippen molar-refractivity contribution in [2.24, 2.45) is 0 Å². The van der Waals surface area contributed by atoms with E-state index in [1.54, 1.807) is 6.07 Å². The highest BCUT2D eigenvalue weighted by Gasteiger charge is 2.28. The maximum absolute atomic E-state index is 13.0. The van der Waals surface area contributed by atoms with E-state index in [0.29, 0.717) is 16.5 Å². The molecule has 0 fully saturated rings. The molecule has 1 heterocycles. The predicted molar refractivity (Wildman–Crippen MR) is 134 cm³/mol. The van der Waals surface area contributed by atoms with Crippen molar-refractivity contribution >= 4 is 72.2 Å². The van der Waals surface area contributed by atoms with Crippen LogP contribution in [-0.2, 0) is 13.8 Å². The minimum atomic E-state index is -1.07.